The molecule has 5 aromatic heterocycles. The molecule has 0 spiro atoms. The third-order valence-electron chi connectivity index (χ3n) is 6.31. The van der Waals surface area contributed by atoms with Gasteiger partial charge >= 0.3 is 5.97 Å². The molecule has 1 aromatic carbocycles. The second-order valence-corrected chi connectivity index (χ2v) is 9.54. The van der Waals surface area contributed by atoms with Crippen LogP contribution in [0.4, 0.5) is 0 Å². The Kier molecular flexibility index (Phi) is 8.97. The maximum atomic E-state index is 10.2. The number of hydrogen-bond donors (Lipinski definition) is 3. The number of aliphatic hydroxyl groups excluding tert-OH is 2. The molecule has 2 atom stereocenters. The van der Waals surface area contributed by atoms with Gasteiger partial charge in [0.2, 0.25) is 5.65 Å². The molecule has 15 heteroatoms. The van der Waals surface area contributed by atoms with E-state index in [2.05, 4.69) is 42.6 Å². The molecule has 6 rings (SSSR count). The predicted molar refractivity (Wildman–Crippen MR) is 155 cm³/mol. The summed E-state index contributed by atoms with van der Waals surface area (Å²) in [5, 5.41) is 43.1. The summed E-state index contributed by atoms with van der Waals surface area (Å²) in [5.74, 6) is -2.38. The fraction of sp³-hybridized carbons (Fsp3) is 0.250. The minimum atomic E-state index is -2.02. The van der Waals surface area contributed by atoms with Crippen molar-refractivity contribution < 1.29 is 24.9 Å². The first-order chi connectivity index (χ1) is 20.1. The van der Waals surface area contributed by atoms with Gasteiger partial charge in [-0.15, -0.1) is 5.10 Å². The van der Waals surface area contributed by atoms with Gasteiger partial charge in [-0.25, -0.2) is 19.4 Å². The number of aromatic nitrogens is 10. The number of rotatable bonds is 7. The smallest absolute Gasteiger partial charge is 0.335 e. The maximum absolute atomic E-state index is 10.2. The Morgan fingerprint density at radius 3 is 2.19 bits per heavy atom. The number of fused-ring (bicyclic) bond motifs is 2. The van der Waals surface area contributed by atoms with Crippen LogP contribution in [0, 0.1) is 0 Å². The molecule has 0 aliphatic heterocycles. The lowest BCUT2D eigenvalue weighted by molar-refractivity contribution is -0.156. The molecule has 0 fully saturated rings. The molecular weight excluding hydrogens is 556 g/mol. The number of carboxylic acid groups (broad SMARTS) is 1. The Labute approximate surface area is 245 Å². The highest BCUT2D eigenvalue weighted by atomic mass is 16.4. The van der Waals surface area contributed by atoms with Crippen LogP contribution >= 0.6 is 0 Å². The van der Waals surface area contributed by atoms with E-state index in [4.69, 9.17) is 20.3 Å². The zero-order chi connectivity index (χ0) is 30.0. The maximum Gasteiger partial charge on any atom is 0.335 e. The number of Topliss-reactive ketones (excluding diaryl/α,β-unsaturated/α-hetero) is 1. The standard InChI is InChI=1S/C22H18N10.C5H8O5.CH4/c1-30-12-17(8-25-30)16-6-15-5-14(3-4-19(15)23-7-16)11-32-22-21(28-29-32)24-10-20(27-22)18-9-26-31(2)13-18;1-2(6)3(7)4(8)5(9)10;/h3-10,12-13H,11H2,1-2H3;3-4,7-8H,1H3,(H,9,10);1H4. The highest BCUT2D eigenvalue weighted by molar-refractivity contribution is 5.87. The van der Waals surface area contributed by atoms with E-state index in [1.54, 1.807) is 26.4 Å². The first kappa shape index (κ1) is 30.5. The third kappa shape index (κ3) is 6.74. The van der Waals surface area contributed by atoms with Crippen LogP contribution in [0.15, 0.2) is 61.4 Å². The minimum absolute atomic E-state index is 0. The zero-order valence-electron chi connectivity index (χ0n) is 22.8. The summed E-state index contributed by atoms with van der Waals surface area (Å²) in [6.07, 6.45) is 7.22. The van der Waals surface area contributed by atoms with E-state index in [-0.39, 0.29) is 7.43 Å². The summed E-state index contributed by atoms with van der Waals surface area (Å²) in [6.45, 7) is 1.52. The second kappa shape index (κ2) is 12.6. The van der Waals surface area contributed by atoms with Gasteiger partial charge in [0.1, 0.15) is 6.10 Å². The highest BCUT2D eigenvalue weighted by Gasteiger charge is 2.26. The molecule has 15 nitrogen and oxygen atoms in total. The van der Waals surface area contributed by atoms with Gasteiger partial charge in [0.05, 0.1) is 36.3 Å². The van der Waals surface area contributed by atoms with Crippen LogP contribution in [0.3, 0.4) is 0 Å². The molecule has 3 N–H and O–H groups in total. The Hall–Kier alpha value is -5.41. The molecule has 0 amide bonds. The van der Waals surface area contributed by atoms with Crippen LogP contribution in [0.5, 0.6) is 0 Å². The van der Waals surface area contributed by atoms with Crippen molar-refractivity contribution in [2.24, 2.45) is 14.1 Å². The topological polar surface area (TPSA) is 200 Å². The number of pyridine rings is 1. The molecular formula is C28H30N10O5. The van der Waals surface area contributed by atoms with Crippen molar-refractivity contribution in [3.8, 4) is 22.4 Å². The SMILES string of the molecule is C.CC(=O)C(O)C(O)C(=O)O.Cn1cc(-c2cnc3ccc(Cn4nnc5ncc(-c6cnn(C)c6)nc54)cc3c2)cn1. The molecule has 0 aliphatic carbocycles. The molecule has 222 valence electrons. The van der Waals surface area contributed by atoms with Crippen LogP contribution < -0.4 is 0 Å². The van der Waals surface area contributed by atoms with E-state index in [0.717, 1.165) is 45.8 Å². The van der Waals surface area contributed by atoms with Crippen molar-refractivity contribution in [2.45, 2.75) is 33.1 Å². The van der Waals surface area contributed by atoms with Gasteiger partial charge in [-0.1, -0.05) is 18.7 Å². The zero-order valence-corrected chi connectivity index (χ0v) is 22.8. The average Bonchev–Trinajstić information content (AvgIpc) is 3.72. The first-order valence-electron chi connectivity index (χ1n) is 12.6. The molecule has 0 bridgehead atoms. The normalized spacial score (nSPS) is 12.3. The van der Waals surface area contributed by atoms with E-state index >= 15 is 0 Å². The van der Waals surface area contributed by atoms with E-state index in [0.29, 0.717) is 17.8 Å². The fourth-order valence-corrected chi connectivity index (χ4v) is 4.09. The van der Waals surface area contributed by atoms with E-state index in [9.17, 15) is 9.59 Å². The van der Waals surface area contributed by atoms with Crippen molar-refractivity contribution in [1.29, 1.82) is 0 Å². The number of aliphatic carboxylic acids is 1. The molecule has 2 unspecified atom stereocenters. The van der Waals surface area contributed by atoms with Crippen LogP contribution in [0.25, 0.3) is 44.6 Å². The number of carbonyl (C=O) groups excluding carboxylic acids is 1. The first-order valence-corrected chi connectivity index (χ1v) is 12.6. The van der Waals surface area contributed by atoms with Crippen molar-refractivity contribution >= 4 is 33.9 Å². The quantitative estimate of drug-likeness (QED) is 0.245. The van der Waals surface area contributed by atoms with Gasteiger partial charge in [0, 0.05) is 54.8 Å². The number of carboxylic acids is 1. The summed E-state index contributed by atoms with van der Waals surface area (Å²) in [6, 6.07) is 8.31. The van der Waals surface area contributed by atoms with Gasteiger partial charge in [-0.2, -0.15) is 10.2 Å². The molecule has 0 saturated heterocycles. The Bertz CT molecular complexity index is 1890. The predicted octanol–water partition coefficient (Wildman–Crippen LogP) is 1.64. The number of carbonyl (C=O) groups is 2. The Morgan fingerprint density at radius 1 is 0.884 bits per heavy atom. The van der Waals surface area contributed by atoms with Gasteiger partial charge in [0.25, 0.3) is 0 Å². The van der Waals surface area contributed by atoms with Gasteiger partial charge in [-0.3, -0.25) is 19.1 Å². The van der Waals surface area contributed by atoms with Crippen molar-refractivity contribution in [3.63, 3.8) is 0 Å². The number of aliphatic hydroxyl groups is 2. The number of nitrogens with zero attached hydrogens (tertiary/aromatic N) is 10. The summed E-state index contributed by atoms with van der Waals surface area (Å²) < 4.78 is 5.29. The molecule has 6 aromatic rings. The largest absolute Gasteiger partial charge is 0.479 e. The number of hydrogen-bond acceptors (Lipinski definition) is 11. The number of benzene rings is 1. The lowest BCUT2D eigenvalue weighted by Gasteiger charge is -2.08. The molecule has 43 heavy (non-hydrogen) atoms. The van der Waals surface area contributed by atoms with Crippen LogP contribution in [-0.2, 0) is 30.2 Å². The van der Waals surface area contributed by atoms with Crippen LogP contribution in [0.2, 0.25) is 0 Å². The lowest BCUT2D eigenvalue weighted by atomic mass is 10.1. The number of ketones is 1. The molecule has 0 saturated carbocycles. The van der Waals surface area contributed by atoms with Gasteiger partial charge in [-0.05, 0) is 30.7 Å². The van der Waals surface area contributed by atoms with Crippen LogP contribution in [-0.4, -0.2) is 88.8 Å². The van der Waals surface area contributed by atoms with E-state index in [1.165, 1.54) is 0 Å². The molecule has 5 heterocycles. The monoisotopic (exact) mass is 586 g/mol. The highest BCUT2D eigenvalue weighted by Crippen LogP contribution is 2.24. The van der Waals surface area contributed by atoms with E-state index in [1.807, 2.05) is 51.0 Å². The summed E-state index contributed by atoms with van der Waals surface area (Å²) >= 11 is 0. The number of aryl methyl sites for hydroxylation is 2. The third-order valence-corrected chi connectivity index (χ3v) is 6.31. The Morgan fingerprint density at radius 2 is 1.58 bits per heavy atom. The average molecular weight is 587 g/mol. The minimum Gasteiger partial charge on any atom is -0.479 e. The lowest BCUT2D eigenvalue weighted by Crippen LogP contribution is -2.38. The Balaban J connectivity index is 0.000000335. The molecule has 0 aliphatic rings. The summed E-state index contributed by atoms with van der Waals surface area (Å²) in [4.78, 5) is 33.8. The van der Waals surface area contributed by atoms with Crippen molar-refractivity contribution in [2.75, 3.05) is 0 Å². The fourth-order valence-electron chi connectivity index (χ4n) is 4.09. The summed E-state index contributed by atoms with van der Waals surface area (Å²) in [7, 11) is 3.77. The van der Waals surface area contributed by atoms with Crippen molar-refractivity contribution in [1.82, 2.24) is 49.5 Å². The summed E-state index contributed by atoms with van der Waals surface area (Å²) in [5.41, 5.74) is 6.85. The second-order valence-electron chi connectivity index (χ2n) is 9.54. The van der Waals surface area contributed by atoms with Crippen LogP contribution in [0.1, 0.15) is 19.9 Å². The van der Waals surface area contributed by atoms with Gasteiger partial charge in [0.15, 0.2) is 17.5 Å². The van der Waals surface area contributed by atoms with Gasteiger partial charge < -0.3 is 15.3 Å². The van der Waals surface area contributed by atoms with Crippen molar-refractivity contribution in [3.05, 3.63) is 67.0 Å². The molecule has 0 radical (unpaired) electrons. The van der Waals surface area contributed by atoms with E-state index < -0.39 is 24.0 Å².